The summed E-state index contributed by atoms with van der Waals surface area (Å²) in [6.07, 6.45) is 5.05. The van der Waals surface area contributed by atoms with Crippen molar-refractivity contribution in [1.82, 2.24) is 0 Å². The number of benzene rings is 1. The standard InChI is InChI=1S/C13H20N2/c1-2-11-6-7-12(14)13(10-11)15-8-4-3-5-9-15/h6-7,10H,2-5,8-9,14H2,1H3. The molecule has 1 fully saturated rings. The van der Waals surface area contributed by atoms with Gasteiger partial charge in [-0.1, -0.05) is 13.0 Å². The molecular formula is C13H20N2. The van der Waals surface area contributed by atoms with Gasteiger partial charge in [0.1, 0.15) is 0 Å². The molecule has 0 unspecified atom stereocenters. The maximum absolute atomic E-state index is 6.03. The predicted octanol–water partition coefficient (Wildman–Crippen LogP) is 2.82. The monoisotopic (exact) mass is 204 g/mol. The average molecular weight is 204 g/mol. The molecular weight excluding hydrogens is 184 g/mol. The minimum Gasteiger partial charge on any atom is -0.397 e. The number of rotatable bonds is 2. The number of hydrogen-bond acceptors (Lipinski definition) is 2. The van der Waals surface area contributed by atoms with Crippen LogP contribution in [0.2, 0.25) is 0 Å². The molecule has 2 rings (SSSR count). The van der Waals surface area contributed by atoms with E-state index in [1.165, 1.54) is 30.5 Å². The third-order valence-electron chi connectivity index (χ3n) is 3.20. The first kappa shape index (κ1) is 10.3. The molecule has 1 heterocycles. The zero-order valence-electron chi connectivity index (χ0n) is 9.50. The maximum atomic E-state index is 6.03. The molecule has 2 nitrogen and oxygen atoms in total. The summed E-state index contributed by atoms with van der Waals surface area (Å²) in [5.41, 5.74) is 9.58. The van der Waals surface area contributed by atoms with Crippen LogP contribution in [0.25, 0.3) is 0 Å². The van der Waals surface area contributed by atoms with Crippen molar-refractivity contribution in [2.24, 2.45) is 0 Å². The van der Waals surface area contributed by atoms with Gasteiger partial charge in [-0.3, -0.25) is 0 Å². The van der Waals surface area contributed by atoms with Crippen molar-refractivity contribution in [2.75, 3.05) is 23.7 Å². The van der Waals surface area contributed by atoms with Gasteiger partial charge in [0.2, 0.25) is 0 Å². The number of hydrogen-bond donors (Lipinski definition) is 1. The van der Waals surface area contributed by atoms with E-state index in [2.05, 4.69) is 24.0 Å². The normalized spacial score (nSPS) is 16.7. The van der Waals surface area contributed by atoms with Gasteiger partial charge in [0.05, 0.1) is 11.4 Å². The van der Waals surface area contributed by atoms with Gasteiger partial charge in [-0.05, 0) is 43.4 Å². The fraction of sp³-hybridized carbons (Fsp3) is 0.538. The van der Waals surface area contributed by atoms with Gasteiger partial charge in [0, 0.05) is 13.1 Å². The number of aryl methyl sites for hydroxylation is 1. The number of nitrogens with zero attached hydrogens (tertiary/aromatic N) is 1. The van der Waals surface area contributed by atoms with Crippen molar-refractivity contribution in [2.45, 2.75) is 32.6 Å². The molecule has 0 atom stereocenters. The lowest BCUT2D eigenvalue weighted by atomic mass is 10.1. The fourth-order valence-corrected chi connectivity index (χ4v) is 2.22. The predicted molar refractivity (Wildman–Crippen MR) is 66.3 cm³/mol. The van der Waals surface area contributed by atoms with Crippen LogP contribution in [0, 0.1) is 0 Å². The smallest absolute Gasteiger partial charge is 0.0602 e. The fourth-order valence-electron chi connectivity index (χ4n) is 2.22. The topological polar surface area (TPSA) is 29.3 Å². The number of anilines is 2. The highest BCUT2D eigenvalue weighted by Crippen LogP contribution is 2.27. The molecule has 0 saturated carbocycles. The van der Waals surface area contributed by atoms with E-state index in [0.717, 1.165) is 25.2 Å². The molecule has 1 aromatic carbocycles. The Morgan fingerprint density at radius 2 is 1.93 bits per heavy atom. The lowest BCUT2D eigenvalue weighted by Crippen LogP contribution is -2.30. The molecule has 15 heavy (non-hydrogen) atoms. The van der Waals surface area contributed by atoms with Crippen molar-refractivity contribution in [3.63, 3.8) is 0 Å². The summed E-state index contributed by atoms with van der Waals surface area (Å²) >= 11 is 0. The van der Waals surface area contributed by atoms with E-state index in [-0.39, 0.29) is 0 Å². The molecule has 1 aliphatic heterocycles. The first-order valence-corrected chi connectivity index (χ1v) is 5.94. The first-order valence-electron chi connectivity index (χ1n) is 5.94. The van der Waals surface area contributed by atoms with Crippen LogP contribution in [-0.2, 0) is 6.42 Å². The Bertz CT molecular complexity index is 327. The van der Waals surface area contributed by atoms with Crippen molar-refractivity contribution in [1.29, 1.82) is 0 Å². The van der Waals surface area contributed by atoms with Crippen LogP contribution in [-0.4, -0.2) is 13.1 Å². The SMILES string of the molecule is CCc1ccc(N)c(N2CCCCC2)c1. The highest BCUT2D eigenvalue weighted by Gasteiger charge is 2.13. The van der Waals surface area contributed by atoms with E-state index in [4.69, 9.17) is 5.73 Å². The number of nitrogens with two attached hydrogens (primary N) is 1. The second kappa shape index (κ2) is 4.56. The average Bonchev–Trinajstić information content (AvgIpc) is 2.31. The Morgan fingerprint density at radius 1 is 1.20 bits per heavy atom. The van der Waals surface area contributed by atoms with Crippen LogP contribution >= 0.6 is 0 Å². The molecule has 1 aromatic rings. The summed E-state index contributed by atoms with van der Waals surface area (Å²) in [5, 5.41) is 0. The second-order valence-electron chi connectivity index (χ2n) is 4.29. The minimum atomic E-state index is 0.925. The van der Waals surface area contributed by atoms with E-state index in [9.17, 15) is 0 Å². The van der Waals surface area contributed by atoms with Crippen LogP contribution in [0.1, 0.15) is 31.7 Å². The van der Waals surface area contributed by atoms with Crippen molar-refractivity contribution < 1.29 is 0 Å². The third-order valence-corrected chi connectivity index (χ3v) is 3.20. The molecule has 2 N–H and O–H groups in total. The maximum Gasteiger partial charge on any atom is 0.0602 e. The summed E-state index contributed by atoms with van der Waals surface area (Å²) in [6, 6.07) is 6.42. The molecule has 2 heteroatoms. The minimum absolute atomic E-state index is 0.925. The Kier molecular flexibility index (Phi) is 3.14. The van der Waals surface area contributed by atoms with E-state index in [1.807, 2.05) is 6.07 Å². The van der Waals surface area contributed by atoms with E-state index >= 15 is 0 Å². The first-order chi connectivity index (χ1) is 7.31. The van der Waals surface area contributed by atoms with Gasteiger partial charge in [-0.2, -0.15) is 0 Å². The Balaban J connectivity index is 2.24. The summed E-state index contributed by atoms with van der Waals surface area (Å²) < 4.78 is 0. The molecule has 0 radical (unpaired) electrons. The zero-order valence-corrected chi connectivity index (χ0v) is 9.50. The highest BCUT2D eigenvalue weighted by atomic mass is 15.1. The summed E-state index contributed by atoms with van der Waals surface area (Å²) in [6.45, 7) is 4.51. The van der Waals surface area contributed by atoms with Crippen molar-refractivity contribution in [3.05, 3.63) is 23.8 Å². The quantitative estimate of drug-likeness (QED) is 0.751. The summed E-state index contributed by atoms with van der Waals surface area (Å²) in [7, 11) is 0. The Hall–Kier alpha value is -1.18. The van der Waals surface area contributed by atoms with Gasteiger partial charge >= 0.3 is 0 Å². The van der Waals surface area contributed by atoms with Crippen LogP contribution in [0.15, 0.2) is 18.2 Å². The van der Waals surface area contributed by atoms with Crippen LogP contribution in [0.4, 0.5) is 11.4 Å². The molecule has 0 bridgehead atoms. The van der Waals surface area contributed by atoms with E-state index < -0.39 is 0 Å². The lowest BCUT2D eigenvalue weighted by Gasteiger charge is -2.30. The largest absolute Gasteiger partial charge is 0.397 e. The lowest BCUT2D eigenvalue weighted by molar-refractivity contribution is 0.578. The van der Waals surface area contributed by atoms with Gasteiger partial charge in [0.15, 0.2) is 0 Å². The van der Waals surface area contributed by atoms with Crippen LogP contribution < -0.4 is 10.6 Å². The molecule has 0 aliphatic carbocycles. The summed E-state index contributed by atoms with van der Waals surface area (Å²) in [5.74, 6) is 0. The Labute approximate surface area is 92.1 Å². The van der Waals surface area contributed by atoms with Gasteiger partial charge in [0.25, 0.3) is 0 Å². The van der Waals surface area contributed by atoms with Crippen molar-refractivity contribution in [3.8, 4) is 0 Å². The zero-order chi connectivity index (χ0) is 10.7. The molecule has 1 aliphatic rings. The number of nitrogen functional groups attached to an aromatic ring is 1. The highest BCUT2D eigenvalue weighted by molar-refractivity contribution is 5.68. The Morgan fingerprint density at radius 3 is 2.60 bits per heavy atom. The second-order valence-corrected chi connectivity index (χ2v) is 4.29. The molecule has 82 valence electrons. The van der Waals surface area contributed by atoms with Crippen molar-refractivity contribution >= 4 is 11.4 Å². The third kappa shape index (κ3) is 2.25. The molecule has 0 spiro atoms. The van der Waals surface area contributed by atoms with Crippen LogP contribution in [0.5, 0.6) is 0 Å². The molecule has 0 amide bonds. The molecule has 0 aromatic heterocycles. The van der Waals surface area contributed by atoms with E-state index in [0.29, 0.717) is 0 Å². The van der Waals surface area contributed by atoms with Gasteiger partial charge in [-0.15, -0.1) is 0 Å². The van der Waals surface area contributed by atoms with Gasteiger partial charge in [-0.25, -0.2) is 0 Å². The summed E-state index contributed by atoms with van der Waals surface area (Å²) in [4.78, 5) is 2.43. The van der Waals surface area contributed by atoms with E-state index in [1.54, 1.807) is 0 Å². The van der Waals surface area contributed by atoms with Gasteiger partial charge < -0.3 is 10.6 Å². The number of piperidine rings is 1. The van der Waals surface area contributed by atoms with Crippen LogP contribution in [0.3, 0.4) is 0 Å². The molecule has 1 saturated heterocycles.